The lowest BCUT2D eigenvalue weighted by Gasteiger charge is -2.37. The van der Waals surface area contributed by atoms with Gasteiger partial charge in [0, 0.05) is 12.6 Å². The first-order chi connectivity index (χ1) is 7.10. The fraction of sp³-hybridized carbons (Fsp3) is 0.778. The summed E-state index contributed by atoms with van der Waals surface area (Å²) in [5, 5.41) is 3.00. The minimum Gasteiger partial charge on any atom is -0.370 e. The average molecular weight is 229 g/mol. The summed E-state index contributed by atoms with van der Waals surface area (Å²) in [7, 11) is 0. The van der Waals surface area contributed by atoms with Crippen LogP contribution < -0.4 is 11.1 Å². The van der Waals surface area contributed by atoms with E-state index in [4.69, 9.17) is 5.73 Å². The summed E-state index contributed by atoms with van der Waals surface area (Å²) >= 11 is 1.65. The van der Waals surface area contributed by atoms with E-state index in [1.807, 2.05) is 13.2 Å². The fourth-order valence-corrected chi connectivity index (χ4v) is 2.22. The van der Waals surface area contributed by atoms with Crippen molar-refractivity contribution >= 4 is 23.7 Å². The molecule has 0 aromatic carbocycles. The molecule has 0 aromatic heterocycles. The van der Waals surface area contributed by atoms with Crippen LogP contribution in [0.2, 0.25) is 0 Å². The molecule has 1 aliphatic rings. The van der Waals surface area contributed by atoms with E-state index < -0.39 is 0 Å². The second-order valence-electron chi connectivity index (χ2n) is 3.50. The molecule has 1 rings (SSSR count). The lowest BCUT2D eigenvalue weighted by atomic mass is 10.3. The SMILES string of the molecule is CCN=C1NC(N)=NC(SC)N1C(C)C. The van der Waals surface area contributed by atoms with Crippen LogP contribution in [0.15, 0.2) is 9.98 Å². The Morgan fingerprint density at radius 1 is 1.67 bits per heavy atom. The third-order valence-corrected chi connectivity index (χ3v) is 2.80. The molecular weight excluding hydrogens is 210 g/mol. The van der Waals surface area contributed by atoms with Gasteiger partial charge in [-0.1, -0.05) is 0 Å². The van der Waals surface area contributed by atoms with E-state index in [1.54, 1.807) is 11.8 Å². The summed E-state index contributed by atoms with van der Waals surface area (Å²) in [6.07, 6.45) is 2.02. The maximum absolute atomic E-state index is 5.70. The van der Waals surface area contributed by atoms with Gasteiger partial charge in [-0.15, -0.1) is 11.8 Å². The third kappa shape index (κ3) is 2.77. The standard InChI is InChI=1S/C9H19N5S/c1-5-11-8-12-7(10)13-9(15-4)14(8)6(2)3/h6,9H,5H2,1-4H3,(H3,10,11,12,13). The normalized spacial score (nSPS) is 24.3. The van der Waals surface area contributed by atoms with Gasteiger partial charge in [0.1, 0.15) is 0 Å². The molecule has 1 unspecified atom stereocenters. The summed E-state index contributed by atoms with van der Waals surface area (Å²) in [5.74, 6) is 1.26. The molecule has 15 heavy (non-hydrogen) atoms. The molecule has 0 amide bonds. The van der Waals surface area contributed by atoms with Crippen LogP contribution in [-0.4, -0.2) is 41.2 Å². The molecule has 0 bridgehead atoms. The van der Waals surface area contributed by atoms with Crippen molar-refractivity contribution < 1.29 is 0 Å². The van der Waals surface area contributed by atoms with Gasteiger partial charge in [0.05, 0.1) is 0 Å². The molecule has 0 spiro atoms. The number of aliphatic imine (C=N–C) groups is 2. The van der Waals surface area contributed by atoms with Crippen LogP contribution in [0.4, 0.5) is 0 Å². The van der Waals surface area contributed by atoms with Crippen LogP contribution in [0.25, 0.3) is 0 Å². The molecule has 0 radical (unpaired) electrons. The van der Waals surface area contributed by atoms with Crippen LogP contribution in [0.3, 0.4) is 0 Å². The molecule has 6 heteroatoms. The lowest BCUT2D eigenvalue weighted by molar-refractivity contribution is 0.320. The van der Waals surface area contributed by atoms with E-state index in [2.05, 4.69) is 34.0 Å². The summed E-state index contributed by atoms with van der Waals surface area (Å²) in [6.45, 7) is 6.98. The summed E-state index contributed by atoms with van der Waals surface area (Å²) in [4.78, 5) is 10.8. The largest absolute Gasteiger partial charge is 0.370 e. The molecule has 1 atom stereocenters. The molecule has 0 saturated carbocycles. The molecular formula is C9H19N5S. The highest BCUT2D eigenvalue weighted by atomic mass is 32.2. The van der Waals surface area contributed by atoms with Crippen molar-refractivity contribution in [3.8, 4) is 0 Å². The number of nitrogens with zero attached hydrogens (tertiary/aromatic N) is 3. The van der Waals surface area contributed by atoms with E-state index in [1.165, 1.54) is 0 Å². The molecule has 0 aliphatic carbocycles. The Kier molecular flexibility index (Phi) is 4.26. The second-order valence-corrected chi connectivity index (χ2v) is 4.39. The van der Waals surface area contributed by atoms with E-state index in [-0.39, 0.29) is 5.50 Å². The van der Waals surface area contributed by atoms with Crippen molar-refractivity contribution in [2.24, 2.45) is 15.7 Å². The average Bonchev–Trinajstić information content (AvgIpc) is 2.16. The maximum atomic E-state index is 5.70. The molecule has 1 aliphatic heterocycles. The van der Waals surface area contributed by atoms with Crippen molar-refractivity contribution in [2.75, 3.05) is 12.8 Å². The highest BCUT2D eigenvalue weighted by Crippen LogP contribution is 2.19. The van der Waals surface area contributed by atoms with E-state index in [0.717, 1.165) is 12.5 Å². The van der Waals surface area contributed by atoms with Gasteiger partial charge in [0.25, 0.3) is 0 Å². The van der Waals surface area contributed by atoms with Crippen molar-refractivity contribution in [3.63, 3.8) is 0 Å². The van der Waals surface area contributed by atoms with Gasteiger partial charge in [-0.05, 0) is 27.0 Å². The maximum Gasteiger partial charge on any atom is 0.203 e. The third-order valence-electron chi connectivity index (χ3n) is 2.05. The smallest absolute Gasteiger partial charge is 0.203 e. The number of thioether (sulfide) groups is 1. The van der Waals surface area contributed by atoms with Crippen molar-refractivity contribution in [3.05, 3.63) is 0 Å². The minimum atomic E-state index is 0.0246. The minimum absolute atomic E-state index is 0.0246. The molecule has 86 valence electrons. The number of rotatable bonds is 3. The Hall–Kier alpha value is -0.910. The van der Waals surface area contributed by atoms with Gasteiger partial charge in [-0.2, -0.15) is 0 Å². The highest BCUT2D eigenvalue weighted by molar-refractivity contribution is 7.99. The van der Waals surface area contributed by atoms with Crippen LogP contribution in [0, 0.1) is 0 Å². The van der Waals surface area contributed by atoms with Crippen LogP contribution in [0.1, 0.15) is 20.8 Å². The second kappa shape index (κ2) is 5.25. The van der Waals surface area contributed by atoms with Gasteiger partial charge in [0.15, 0.2) is 11.5 Å². The van der Waals surface area contributed by atoms with Crippen molar-refractivity contribution in [1.29, 1.82) is 0 Å². The monoisotopic (exact) mass is 229 g/mol. The number of nitrogens with two attached hydrogens (primary N) is 1. The highest BCUT2D eigenvalue weighted by Gasteiger charge is 2.27. The van der Waals surface area contributed by atoms with Gasteiger partial charge in [-0.3, -0.25) is 10.3 Å². The van der Waals surface area contributed by atoms with Crippen molar-refractivity contribution in [2.45, 2.75) is 32.3 Å². The molecule has 0 aromatic rings. The quantitative estimate of drug-likeness (QED) is 0.745. The van der Waals surface area contributed by atoms with E-state index in [0.29, 0.717) is 12.0 Å². The van der Waals surface area contributed by atoms with Gasteiger partial charge in [0.2, 0.25) is 5.96 Å². The summed E-state index contributed by atoms with van der Waals surface area (Å²) in [5.41, 5.74) is 5.73. The zero-order chi connectivity index (χ0) is 11.4. The molecule has 5 nitrogen and oxygen atoms in total. The van der Waals surface area contributed by atoms with Gasteiger partial charge >= 0.3 is 0 Å². The molecule has 0 fully saturated rings. The summed E-state index contributed by atoms with van der Waals surface area (Å²) < 4.78 is 0. The first-order valence-electron chi connectivity index (χ1n) is 5.06. The Morgan fingerprint density at radius 2 is 2.33 bits per heavy atom. The zero-order valence-electron chi connectivity index (χ0n) is 9.69. The lowest BCUT2D eigenvalue weighted by Crippen LogP contribution is -2.57. The number of guanidine groups is 2. The molecule has 0 saturated heterocycles. The topological polar surface area (TPSA) is 66.0 Å². The molecule has 3 N–H and O–H groups in total. The van der Waals surface area contributed by atoms with Crippen LogP contribution >= 0.6 is 11.8 Å². The van der Waals surface area contributed by atoms with E-state index in [9.17, 15) is 0 Å². The predicted molar refractivity (Wildman–Crippen MR) is 67.0 cm³/mol. The Bertz CT molecular complexity index is 274. The zero-order valence-corrected chi connectivity index (χ0v) is 10.5. The number of nitrogens with one attached hydrogen (secondary N) is 1. The Balaban J connectivity index is 2.98. The van der Waals surface area contributed by atoms with Crippen molar-refractivity contribution in [1.82, 2.24) is 10.2 Å². The van der Waals surface area contributed by atoms with Gasteiger partial charge < -0.3 is 10.6 Å². The van der Waals surface area contributed by atoms with E-state index >= 15 is 0 Å². The van der Waals surface area contributed by atoms with Crippen LogP contribution in [0.5, 0.6) is 0 Å². The van der Waals surface area contributed by atoms with Crippen LogP contribution in [-0.2, 0) is 0 Å². The summed E-state index contributed by atoms with van der Waals surface area (Å²) in [6, 6.07) is 0.345. The first-order valence-corrected chi connectivity index (χ1v) is 6.34. The number of hydrogen-bond acceptors (Lipinski definition) is 4. The predicted octanol–water partition coefficient (Wildman–Crippen LogP) is 0.637. The Morgan fingerprint density at radius 3 is 2.80 bits per heavy atom. The first kappa shape index (κ1) is 12.2. The molecule has 1 heterocycles. The van der Waals surface area contributed by atoms with Gasteiger partial charge in [-0.25, -0.2) is 4.99 Å². The number of hydrogen-bond donors (Lipinski definition) is 2. The Labute approximate surface area is 95.2 Å². The fourth-order valence-electron chi connectivity index (χ4n) is 1.43.